The normalized spacial score (nSPS) is 12.1. The molecule has 17 heavy (non-hydrogen) atoms. The predicted molar refractivity (Wildman–Crippen MR) is 76.2 cm³/mol. The maximum atomic E-state index is 5.98. The molecule has 0 bridgehead atoms. The zero-order valence-electron chi connectivity index (χ0n) is 11.8. The minimum atomic E-state index is -0.0302. The van der Waals surface area contributed by atoms with Crippen LogP contribution in [0.15, 0.2) is 24.3 Å². The molecular formula is C16H27N. The molecule has 2 N–H and O–H groups in total. The van der Waals surface area contributed by atoms with Gasteiger partial charge in [-0.1, -0.05) is 38.1 Å². The van der Waals surface area contributed by atoms with Gasteiger partial charge in [-0.3, -0.25) is 0 Å². The van der Waals surface area contributed by atoms with Crippen molar-refractivity contribution >= 4 is 0 Å². The van der Waals surface area contributed by atoms with Gasteiger partial charge in [0.05, 0.1) is 0 Å². The Hall–Kier alpha value is -0.820. The van der Waals surface area contributed by atoms with Crippen molar-refractivity contribution in [2.45, 2.75) is 58.9 Å². The van der Waals surface area contributed by atoms with E-state index in [1.165, 1.54) is 24.0 Å². The van der Waals surface area contributed by atoms with E-state index in [1.54, 1.807) is 0 Å². The van der Waals surface area contributed by atoms with Gasteiger partial charge in [0, 0.05) is 5.54 Å². The molecule has 0 amide bonds. The number of aryl methyl sites for hydroxylation is 1. The van der Waals surface area contributed by atoms with Gasteiger partial charge in [0.2, 0.25) is 0 Å². The Bertz CT molecular complexity index is 316. The molecule has 0 heterocycles. The second-order valence-electron chi connectivity index (χ2n) is 6.26. The van der Waals surface area contributed by atoms with Crippen LogP contribution in [0, 0.1) is 5.92 Å². The molecule has 0 saturated heterocycles. The smallest absolute Gasteiger partial charge is 0.00971 e. The second kappa shape index (κ2) is 6.20. The van der Waals surface area contributed by atoms with Crippen LogP contribution in [0.2, 0.25) is 0 Å². The summed E-state index contributed by atoms with van der Waals surface area (Å²) in [6.07, 6.45) is 4.58. The fourth-order valence-electron chi connectivity index (χ4n) is 2.06. The SMILES string of the molecule is CC(C)Cc1ccc(CCCC(C)(C)N)cc1. The average Bonchev–Trinajstić information content (AvgIpc) is 2.18. The Balaban J connectivity index is 2.40. The summed E-state index contributed by atoms with van der Waals surface area (Å²) >= 11 is 0. The minimum absolute atomic E-state index is 0.0302. The van der Waals surface area contributed by atoms with Crippen LogP contribution in [0.4, 0.5) is 0 Å². The number of hydrogen-bond donors (Lipinski definition) is 1. The minimum Gasteiger partial charge on any atom is -0.326 e. The molecule has 1 nitrogen and oxygen atoms in total. The fourth-order valence-corrected chi connectivity index (χ4v) is 2.06. The molecule has 1 heteroatoms. The Kier molecular flexibility index (Phi) is 5.20. The van der Waals surface area contributed by atoms with Crippen LogP contribution in [-0.4, -0.2) is 5.54 Å². The largest absolute Gasteiger partial charge is 0.326 e. The van der Waals surface area contributed by atoms with Gasteiger partial charge in [0.15, 0.2) is 0 Å². The lowest BCUT2D eigenvalue weighted by Crippen LogP contribution is -2.31. The summed E-state index contributed by atoms with van der Waals surface area (Å²) < 4.78 is 0. The molecule has 0 unspecified atom stereocenters. The lowest BCUT2D eigenvalue weighted by Gasteiger charge is -2.17. The van der Waals surface area contributed by atoms with Crippen LogP contribution in [-0.2, 0) is 12.8 Å². The van der Waals surface area contributed by atoms with Crippen molar-refractivity contribution in [3.8, 4) is 0 Å². The summed E-state index contributed by atoms with van der Waals surface area (Å²) in [6, 6.07) is 9.06. The Morgan fingerprint density at radius 2 is 1.59 bits per heavy atom. The first-order chi connectivity index (χ1) is 7.87. The highest BCUT2D eigenvalue weighted by molar-refractivity contribution is 5.22. The van der Waals surface area contributed by atoms with Crippen molar-refractivity contribution in [1.82, 2.24) is 0 Å². The highest BCUT2D eigenvalue weighted by Gasteiger charge is 2.09. The van der Waals surface area contributed by atoms with Crippen molar-refractivity contribution in [2.24, 2.45) is 11.7 Å². The lowest BCUT2D eigenvalue weighted by molar-refractivity contribution is 0.459. The molecule has 0 spiro atoms. The molecule has 1 aromatic rings. The van der Waals surface area contributed by atoms with Gasteiger partial charge in [-0.15, -0.1) is 0 Å². The van der Waals surface area contributed by atoms with Crippen LogP contribution in [0.1, 0.15) is 51.7 Å². The van der Waals surface area contributed by atoms with Gasteiger partial charge in [-0.25, -0.2) is 0 Å². The van der Waals surface area contributed by atoms with E-state index in [4.69, 9.17) is 5.73 Å². The molecule has 0 aliphatic heterocycles. The van der Waals surface area contributed by atoms with E-state index < -0.39 is 0 Å². The van der Waals surface area contributed by atoms with Crippen molar-refractivity contribution in [2.75, 3.05) is 0 Å². The highest BCUT2D eigenvalue weighted by atomic mass is 14.7. The van der Waals surface area contributed by atoms with Crippen LogP contribution < -0.4 is 5.73 Å². The Morgan fingerprint density at radius 1 is 1.06 bits per heavy atom. The lowest BCUT2D eigenvalue weighted by atomic mass is 9.96. The zero-order valence-corrected chi connectivity index (χ0v) is 11.8. The van der Waals surface area contributed by atoms with Gasteiger partial charge >= 0.3 is 0 Å². The van der Waals surface area contributed by atoms with Gasteiger partial charge in [-0.05, 0) is 56.6 Å². The van der Waals surface area contributed by atoms with Gasteiger partial charge < -0.3 is 5.73 Å². The molecule has 0 radical (unpaired) electrons. The number of benzene rings is 1. The monoisotopic (exact) mass is 233 g/mol. The van der Waals surface area contributed by atoms with Crippen LogP contribution in [0.25, 0.3) is 0 Å². The Labute approximate surface area is 106 Å². The predicted octanol–water partition coefficient (Wildman–Crippen LogP) is 3.95. The second-order valence-corrected chi connectivity index (χ2v) is 6.26. The number of rotatable bonds is 6. The third-order valence-electron chi connectivity index (χ3n) is 2.95. The van der Waals surface area contributed by atoms with E-state index >= 15 is 0 Å². The molecule has 0 aromatic heterocycles. The van der Waals surface area contributed by atoms with Crippen LogP contribution in [0.3, 0.4) is 0 Å². The highest BCUT2D eigenvalue weighted by Crippen LogP contribution is 2.14. The van der Waals surface area contributed by atoms with E-state index in [-0.39, 0.29) is 5.54 Å². The van der Waals surface area contributed by atoms with E-state index in [0.29, 0.717) is 0 Å². The molecule has 1 aromatic carbocycles. The van der Waals surface area contributed by atoms with Gasteiger partial charge in [0.25, 0.3) is 0 Å². The van der Waals surface area contributed by atoms with Gasteiger partial charge in [-0.2, -0.15) is 0 Å². The maximum Gasteiger partial charge on any atom is 0.00971 e. The number of nitrogens with two attached hydrogens (primary N) is 1. The fraction of sp³-hybridized carbons (Fsp3) is 0.625. The summed E-state index contributed by atoms with van der Waals surface area (Å²) in [5.41, 5.74) is 8.83. The topological polar surface area (TPSA) is 26.0 Å². The molecule has 96 valence electrons. The van der Waals surface area contributed by atoms with E-state index in [1.807, 2.05) is 0 Å². The van der Waals surface area contributed by atoms with Crippen LogP contribution in [0.5, 0.6) is 0 Å². The molecule has 0 aliphatic rings. The Morgan fingerprint density at radius 3 is 2.06 bits per heavy atom. The summed E-state index contributed by atoms with van der Waals surface area (Å²) in [5.74, 6) is 0.735. The van der Waals surface area contributed by atoms with Crippen molar-refractivity contribution in [3.05, 3.63) is 35.4 Å². The average molecular weight is 233 g/mol. The van der Waals surface area contributed by atoms with Crippen LogP contribution >= 0.6 is 0 Å². The summed E-state index contributed by atoms with van der Waals surface area (Å²) in [4.78, 5) is 0. The summed E-state index contributed by atoms with van der Waals surface area (Å²) in [6.45, 7) is 8.71. The van der Waals surface area contributed by atoms with Crippen molar-refractivity contribution < 1.29 is 0 Å². The molecule has 0 fully saturated rings. The van der Waals surface area contributed by atoms with Crippen molar-refractivity contribution in [1.29, 1.82) is 0 Å². The standard InChI is InChI=1S/C16H27N/c1-13(2)12-15-9-7-14(8-10-15)6-5-11-16(3,4)17/h7-10,13H,5-6,11-12,17H2,1-4H3. The van der Waals surface area contributed by atoms with Gasteiger partial charge in [0.1, 0.15) is 0 Å². The third kappa shape index (κ3) is 6.48. The van der Waals surface area contributed by atoms with Crippen molar-refractivity contribution in [3.63, 3.8) is 0 Å². The van der Waals surface area contributed by atoms with E-state index in [0.717, 1.165) is 18.8 Å². The quantitative estimate of drug-likeness (QED) is 0.791. The summed E-state index contributed by atoms with van der Waals surface area (Å²) in [7, 11) is 0. The maximum absolute atomic E-state index is 5.98. The first-order valence-corrected chi connectivity index (χ1v) is 6.73. The van der Waals surface area contributed by atoms with E-state index in [2.05, 4.69) is 52.0 Å². The molecule has 0 aliphatic carbocycles. The molecule has 1 rings (SSSR count). The molecule has 0 saturated carbocycles. The summed E-state index contributed by atoms with van der Waals surface area (Å²) in [5, 5.41) is 0. The third-order valence-corrected chi connectivity index (χ3v) is 2.95. The number of hydrogen-bond acceptors (Lipinski definition) is 1. The first-order valence-electron chi connectivity index (χ1n) is 6.73. The molecule has 0 atom stereocenters. The first kappa shape index (κ1) is 14.2. The zero-order chi connectivity index (χ0) is 12.9. The molecular weight excluding hydrogens is 206 g/mol. The van der Waals surface area contributed by atoms with E-state index in [9.17, 15) is 0 Å².